The molecule has 0 amide bonds. The third-order valence-electron chi connectivity index (χ3n) is 6.34. The van der Waals surface area contributed by atoms with Crippen molar-refractivity contribution in [2.24, 2.45) is 11.8 Å². The maximum Gasteiger partial charge on any atom is 0.282 e. The van der Waals surface area contributed by atoms with Gasteiger partial charge < -0.3 is 0 Å². The highest BCUT2D eigenvalue weighted by molar-refractivity contribution is 7.86. The topological polar surface area (TPSA) is 43.9 Å². The summed E-state index contributed by atoms with van der Waals surface area (Å²) in [7, 11) is 0.380. The van der Waals surface area contributed by atoms with Crippen LogP contribution in [-0.2, 0) is 16.8 Å². The van der Waals surface area contributed by atoms with Crippen LogP contribution >= 0.6 is 12.4 Å². The highest BCUT2D eigenvalue weighted by atomic mass is 35.5. The molecule has 5 nitrogen and oxygen atoms in total. The highest BCUT2D eigenvalue weighted by Gasteiger charge is 2.49. The minimum atomic E-state index is -3.46. The van der Waals surface area contributed by atoms with E-state index in [1.807, 2.05) is 30.3 Å². The fourth-order valence-corrected chi connectivity index (χ4v) is 6.36. The van der Waals surface area contributed by atoms with Crippen molar-refractivity contribution >= 4 is 22.6 Å². The van der Waals surface area contributed by atoms with Crippen LogP contribution in [0.15, 0.2) is 54.6 Å². The van der Waals surface area contributed by atoms with Crippen LogP contribution in [0.4, 0.5) is 0 Å². The molecule has 0 saturated carbocycles. The Bertz CT molecular complexity index is 938. The van der Waals surface area contributed by atoms with Crippen molar-refractivity contribution in [3.63, 3.8) is 0 Å². The average molecular weight is 436 g/mol. The lowest BCUT2D eigenvalue weighted by molar-refractivity contribution is 0.256. The molecule has 4 rings (SSSR count). The third-order valence-corrected chi connectivity index (χ3v) is 8.20. The molecule has 0 radical (unpaired) electrons. The van der Waals surface area contributed by atoms with Crippen molar-refractivity contribution in [2.45, 2.75) is 19.5 Å². The van der Waals surface area contributed by atoms with E-state index in [0.717, 1.165) is 12.1 Å². The number of fused-ring (bicyclic) bond motifs is 1. The summed E-state index contributed by atoms with van der Waals surface area (Å²) in [6.07, 6.45) is 0. The number of benzene rings is 2. The van der Waals surface area contributed by atoms with E-state index in [1.54, 1.807) is 11.4 Å². The van der Waals surface area contributed by atoms with Gasteiger partial charge in [0, 0.05) is 39.3 Å². The number of hydrogen-bond acceptors (Lipinski definition) is 3. The zero-order chi connectivity index (χ0) is 19.9. The van der Waals surface area contributed by atoms with Crippen LogP contribution in [0.1, 0.15) is 22.7 Å². The van der Waals surface area contributed by atoms with Crippen LogP contribution in [0.3, 0.4) is 0 Å². The van der Waals surface area contributed by atoms with E-state index in [4.69, 9.17) is 0 Å². The summed E-state index contributed by atoms with van der Waals surface area (Å²) in [5.41, 5.74) is 3.61. The maximum absolute atomic E-state index is 13.2. The lowest BCUT2D eigenvalue weighted by Gasteiger charge is -2.29. The van der Waals surface area contributed by atoms with Gasteiger partial charge in [0.05, 0.1) is 0 Å². The van der Waals surface area contributed by atoms with E-state index in [0.29, 0.717) is 31.5 Å². The van der Waals surface area contributed by atoms with Gasteiger partial charge in [0.1, 0.15) is 0 Å². The SMILES string of the molecule is Cc1ccccc1[C@@H]1[C@@H]2CN(S(=O)(=O)N(C)Cc3ccccc3)C[C@@H]2CN1C.Cl. The van der Waals surface area contributed by atoms with Crippen LogP contribution in [0.2, 0.25) is 0 Å². The molecular weight excluding hydrogens is 406 g/mol. The molecule has 2 aliphatic rings. The van der Waals surface area contributed by atoms with Crippen molar-refractivity contribution in [3.8, 4) is 0 Å². The normalized spacial score (nSPS) is 25.2. The smallest absolute Gasteiger partial charge is 0.282 e. The molecule has 0 aliphatic carbocycles. The lowest BCUT2D eigenvalue weighted by atomic mass is 9.88. The van der Waals surface area contributed by atoms with E-state index < -0.39 is 10.2 Å². The zero-order valence-corrected chi connectivity index (χ0v) is 18.9. The summed E-state index contributed by atoms with van der Waals surface area (Å²) < 4.78 is 29.6. The van der Waals surface area contributed by atoms with Crippen LogP contribution in [0.5, 0.6) is 0 Å². The summed E-state index contributed by atoms with van der Waals surface area (Å²) >= 11 is 0. The zero-order valence-electron chi connectivity index (χ0n) is 17.2. The molecule has 2 aromatic rings. The Labute approximate surface area is 180 Å². The number of nitrogens with zero attached hydrogens (tertiary/aromatic N) is 3. The number of halogens is 1. The van der Waals surface area contributed by atoms with Gasteiger partial charge in [-0.25, -0.2) is 0 Å². The van der Waals surface area contributed by atoms with E-state index in [1.165, 1.54) is 15.4 Å². The summed E-state index contributed by atoms with van der Waals surface area (Å²) in [6.45, 7) is 4.69. The van der Waals surface area contributed by atoms with Crippen LogP contribution in [-0.4, -0.2) is 55.7 Å². The average Bonchev–Trinajstić information content (AvgIpc) is 3.20. The highest BCUT2D eigenvalue weighted by Crippen LogP contribution is 2.45. The third kappa shape index (κ3) is 4.23. The fourth-order valence-electron chi connectivity index (χ4n) is 4.91. The van der Waals surface area contributed by atoms with Gasteiger partial charge in [0.15, 0.2) is 0 Å². The first-order valence-electron chi connectivity index (χ1n) is 9.89. The molecule has 0 N–H and O–H groups in total. The van der Waals surface area contributed by atoms with Gasteiger partial charge in [-0.15, -0.1) is 12.4 Å². The number of rotatable bonds is 5. The number of likely N-dealkylation sites (tertiary alicyclic amines) is 1. The van der Waals surface area contributed by atoms with Gasteiger partial charge in [-0.1, -0.05) is 54.6 Å². The lowest BCUT2D eigenvalue weighted by Crippen LogP contribution is -2.41. The molecule has 3 atom stereocenters. The number of hydrogen-bond donors (Lipinski definition) is 0. The van der Waals surface area contributed by atoms with Crippen LogP contribution < -0.4 is 0 Å². The molecule has 0 aromatic heterocycles. The molecular formula is C22H30ClN3O2S. The number of aryl methyl sites for hydroxylation is 1. The first-order chi connectivity index (χ1) is 13.4. The van der Waals surface area contributed by atoms with E-state index in [2.05, 4.69) is 43.1 Å². The fraction of sp³-hybridized carbons (Fsp3) is 0.455. The van der Waals surface area contributed by atoms with Gasteiger partial charge in [0.2, 0.25) is 0 Å². The summed E-state index contributed by atoms with van der Waals surface area (Å²) in [5.74, 6) is 0.723. The van der Waals surface area contributed by atoms with Crippen LogP contribution in [0, 0.1) is 18.8 Å². The molecule has 2 aromatic carbocycles. The first kappa shape index (κ1) is 22.2. The Kier molecular flexibility index (Phi) is 6.70. The van der Waals surface area contributed by atoms with Crippen molar-refractivity contribution in [1.82, 2.24) is 13.5 Å². The summed E-state index contributed by atoms with van der Waals surface area (Å²) in [5, 5.41) is 0. The van der Waals surface area contributed by atoms with Crippen molar-refractivity contribution in [3.05, 3.63) is 71.3 Å². The second kappa shape index (κ2) is 8.74. The van der Waals surface area contributed by atoms with Crippen molar-refractivity contribution in [2.75, 3.05) is 33.7 Å². The predicted molar refractivity (Wildman–Crippen MR) is 119 cm³/mol. The predicted octanol–water partition coefficient (Wildman–Crippen LogP) is 3.33. The van der Waals surface area contributed by atoms with Crippen LogP contribution in [0.25, 0.3) is 0 Å². The summed E-state index contributed by atoms with van der Waals surface area (Å²) in [4.78, 5) is 2.40. The first-order valence-corrected chi connectivity index (χ1v) is 11.3. The quantitative estimate of drug-likeness (QED) is 0.723. The molecule has 158 valence electrons. The minimum absolute atomic E-state index is 0. The van der Waals surface area contributed by atoms with E-state index in [9.17, 15) is 8.42 Å². The molecule has 0 bridgehead atoms. The monoisotopic (exact) mass is 435 g/mol. The second-order valence-corrected chi connectivity index (χ2v) is 10.3. The Morgan fingerprint density at radius 2 is 1.66 bits per heavy atom. The Balaban J connectivity index is 0.00000240. The van der Waals surface area contributed by atoms with Crippen molar-refractivity contribution in [1.29, 1.82) is 0 Å². The Morgan fingerprint density at radius 1 is 1.00 bits per heavy atom. The van der Waals surface area contributed by atoms with E-state index >= 15 is 0 Å². The summed E-state index contributed by atoms with van der Waals surface area (Å²) in [6, 6.07) is 18.5. The van der Waals surface area contributed by atoms with Gasteiger partial charge in [-0.2, -0.15) is 17.0 Å². The molecule has 7 heteroatoms. The molecule has 0 unspecified atom stereocenters. The largest absolute Gasteiger partial charge is 0.299 e. The standard InChI is InChI=1S/C22H29N3O2S.ClH/c1-17-9-7-8-12-20(17)22-21-16-25(15-19(21)14-23(22)2)28(26,27)24(3)13-18-10-5-4-6-11-18;/h4-12,19,21-22H,13-16H2,1-3H3;1H/t19-,21+,22+;/m0./s1. The minimum Gasteiger partial charge on any atom is -0.299 e. The molecule has 2 heterocycles. The van der Waals surface area contributed by atoms with Gasteiger partial charge >= 0.3 is 0 Å². The maximum atomic E-state index is 13.2. The molecule has 2 fully saturated rings. The van der Waals surface area contributed by atoms with Crippen molar-refractivity contribution < 1.29 is 8.42 Å². The van der Waals surface area contributed by atoms with Gasteiger partial charge in [0.25, 0.3) is 10.2 Å². The van der Waals surface area contributed by atoms with E-state index in [-0.39, 0.29) is 18.4 Å². The van der Waals surface area contributed by atoms with Gasteiger partial charge in [-0.3, -0.25) is 4.90 Å². The molecule has 2 saturated heterocycles. The molecule has 0 spiro atoms. The second-order valence-electron chi connectivity index (χ2n) is 8.23. The van der Waals surface area contributed by atoms with Gasteiger partial charge in [-0.05, 0) is 42.5 Å². The Hall–Kier alpha value is -1.44. The molecule has 2 aliphatic heterocycles. The molecule has 29 heavy (non-hydrogen) atoms. The Morgan fingerprint density at radius 3 is 2.34 bits per heavy atom.